The number of halogens is 3. The average molecular weight is 435 g/mol. The minimum atomic E-state index is -4.46. The molecule has 1 N–H and O–H groups in total. The largest absolute Gasteiger partial charge is 0.493 e. The van der Waals surface area contributed by atoms with E-state index in [9.17, 15) is 18.0 Å². The number of hydrogen-bond acceptors (Lipinski definition) is 5. The molecule has 0 fully saturated rings. The minimum absolute atomic E-state index is 0.283. The van der Waals surface area contributed by atoms with Gasteiger partial charge in [-0.3, -0.25) is 4.79 Å². The van der Waals surface area contributed by atoms with E-state index in [1.165, 1.54) is 44.3 Å². The lowest BCUT2D eigenvalue weighted by Crippen LogP contribution is -2.24. The molecule has 31 heavy (non-hydrogen) atoms. The maximum Gasteiger partial charge on any atom is 0.416 e. The summed E-state index contributed by atoms with van der Waals surface area (Å²) < 4.78 is 55.6. The first-order valence-electron chi connectivity index (χ1n) is 9.05. The number of anilines is 1. The number of carbonyl (C=O) groups excluding carboxylic acids is 1. The van der Waals surface area contributed by atoms with Crippen molar-refractivity contribution in [3.8, 4) is 17.2 Å². The van der Waals surface area contributed by atoms with Crippen LogP contribution in [0.5, 0.6) is 11.5 Å². The summed E-state index contributed by atoms with van der Waals surface area (Å²) in [5, 5.41) is 6.90. The topological polar surface area (TPSA) is 74.6 Å². The Morgan fingerprint density at radius 3 is 2.26 bits per heavy atom. The van der Waals surface area contributed by atoms with E-state index in [0.29, 0.717) is 23.0 Å². The van der Waals surface area contributed by atoms with Crippen LogP contribution in [0.15, 0.2) is 54.7 Å². The number of ether oxygens (including phenoxy) is 3. The highest BCUT2D eigenvalue weighted by Crippen LogP contribution is 2.32. The first kappa shape index (κ1) is 22.2. The van der Waals surface area contributed by atoms with Gasteiger partial charge in [-0.1, -0.05) is 12.1 Å². The molecule has 10 heteroatoms. The summed E-state index contributed by atoms with van der Waals surface area (Å²) in [6, 6.07) is 10.9. The molecule has 0 aliphatic carbocycles. The number of alkyl halides is 3. The molecule has 0 aliphatic heterocycles. The minimum Gasteiger partial charge on any atom is -0.493 e. The highest BCUT2D eigenvalue weighted by molar-refractivity contribution is 5.94. The van der Waals surface area contributed by atoms with Crippen LogP contribution < -0.4 is 14.8 Å². The van der Waals surface area contributed by atoms with Gasteiger partial charge >= 0.3 is 6.18 Å². The van der Waals surface area contributed by atoms with Gasteiger partial charge in [0.05, 0.1) is 31.7 Å². The summed E-state index contributed by atoms with van der Waals surface area (Å²) in [4.78, 5) is 12.8. The summed E-state index contributed by atoms with van der Waals surface area (Å²) in [5.41, 5.74) is 0.0738. The summed E-state index contributed by atoms with van der Waals surface area (Å²) in [6.07, 6.45) is -4.09. The van der Waals surface area contributed by atoms with Crippen molar-refractivity contribution >= 4 is 11.7 Å². The van der Waals surface area contributed by atoms with Crippen molar-refractivity contribution in [1.82, 2.24) is 9.78 Å². The third-order valence-corrected chi connectivity index (χ3v) is 4.52. The SMILES string of the molecule is COc1ccc(-n2nccc2NC(=O)C(OC)c2ccc(C(F)(F)F)cc2)cc1OC. The molecule has 1 heterocycles. The number of benzene rings is 2. The van der Waals surface area contributed by atoms with Crippen LogP contribution >= 0.6 is 0 Å². The van der Waals surface area contributed by atoms with Gasteiger partial charge in [0.15, 0.2) is 17.6 Å². The maximum absolute atomic E-state index is 12.8. The third-order valence-electron chi connectivity index (χ3n) is 4.52. The quantitative estimate of drug-likeness (QED) is 0.601. The molecular formula is C21H20F3N3O4. The van der Waals surface area contributed by atoms with Crippen molar-refractivity contribution in [2.75, 3.05) is 26.6 Å². The number of rotatable bonds is 7. The molecule has 0 saturated carbocycles. The first-order chi connectivity index (χ1) is 14.8. The predicted octanol–water partition coefficient (Wildman–Crippen LogP) is 4.23. The monoisotopic (exact) mass is 435 g/mol. The molecule has 164 valence electrons. The molecule has 3 aromatic rings. The Morgan fingerprint density at radius 1 is 1.00 bits per heavy atom. The first-order valence-corrected chi connectivity index (χ1v) is 9.05. The van der Waals surface area contributed by atoms with Crippen LogP contribution in [0, 0.1) is 0 Å². The van der Waals surface area contributed by atoms with Gasteiger partial charge in [0, 0.05) is 19.2 Å². The van der Waals surface area contributed by atoms with Crippen molar-refractivity contribution in [2.45, 2.75) is 12.3 Å². The molecule has 1 aromatic heterocycles. The molecular weight excluding hydrogens is 415 g/mol. The summed E-state index contributed by atoms with van der Waals surface area (Å²) in [6.45, 7) is 0. The normalized spacial score (nSPS) is 12.3. The van der Waals surface area contributed by atoms with Crippen LogP contribution in [0.2, 0.25) is 0 Å². The number of amides is 1. The van der Waals surface area contributed by atoms with E-state index in [0.717, 1.165) is 12.1 Å². The maximum atomic E-state index is 12.8. The molecule has 0 spiro atoms. The van der Waals surface area contributed by atoms with E-state index in [-0.39, 0.29) is 5.56 Å². The zero-order valence-corrected chi connectivity index (χ0v) is 16.9. The summed E-state index contributed by atoms with van der Waals surface area (Å²) >= 11 is 0. The standard InChI is InChI=1S/C21H20F3N3O4/c1-29-16-9-8-15(12-17(16)30-2)27-18(10-11-25-27)26-20(28)19(31-3)13-4-6-14(7-5-13)21(22,23)24/h4-12,19H,1-3H3,(H,26,28). The number of nitrogens with zero attached hydrogens (tertiary/aromatic N) is 2. The molecule has 0 radical (unpaired) electrons. The molecule has 0 aliphatic rings. The lowest BCUT2D eigenvalue weighted by molar-refractivity contribution is -0.137. The third kappa shape index (κ3) is 4.80. The van der Waals surface area contributed by atoms with Crippen LogP contribution in [-0.4, -0.2) is 37.0 Å². The zero-order valence-electron chi connectivity index (χ0n) is 16.9. The summed E-state index contributed by atoms with van der Waals surface area (Å²) in [5.74, 6) is 0.786. The van der Waals surface area contributed by atoms with Crippen molar-refractivity contribution in [1.29, 1.82) is 0 Å². The fourth-order valence-electron chi connectivity index (χ4n) is 2.99. The smallest absolute Gasteiger partial charge is 0.416 e. The van der Waals surface area contributed by atoms with Crippen molar-refractivity contribution in [3.05, 3.63) is 65.9 Å². The van der Waals surface area contributed by atoms with E-state index in [1.54, 1.807) is 24.3 Å². The predicted molar refractivity (Wildman–Crippen MR) is 106 cm³/mol. The molecule has 0 bridgehead atoms. The van der Waals surface area contributed by atoms with Gasteiger partial charge in [0.2, 0.25) is 0 Å². The molecule has 3 rings (SSSR count). The van der Waals surface area contributed by atoms with Crippen LogP contribution in [0.25, 0.3) is 5.69 Å². The van der Waals surface area contributed by atoms with Gasteiger partial charge in [0.1, 0.15) is 5.82 Å². The lowest BCUT2D eigenvalue weighted by atomic mass is 10.1. The second-order valence-corrected chi connectivity index (χ2v) is 6.39. The number of aromatic nitrogens is 2. The Labute approximate surface area is 176 Å². The van der Waals surface area contributed by atoms with E-state index in [2.05, 4.69) is 10.4 Å². The molecule has 0 saturated heterocycles. The Bertz CT molecular complexity index is 1050. The lowest BCUT2D eigenvalue weighted by Gasteiger charge is -2.17. The number of carbonyl (C=O) groups is 1. The Morgan fingerprint density at radius 2 is 1.68 bits per heavy atom. The molecule has 1 amide bonds. The van der Waals surface area contributed by atoms with Crippen LogP contribution in [0.4, 0.5) is 19.0 Å². The fourth-order valence-corrected chi connectivity index (χ4v) is 2.99. The zero-order chi connectivity index (χ0) is 22.6. The van der Waals surface area contributed by atoms with Crippen molar-refractivity contribution < 1.29 is 32.2 Å². The van der Waals surface area contributed by atoms with Gasteiger partial charge in [0.25, 0.3) is 5.91 Å². The van der Waals surface area contributed by atoms with Crippen LogP contribution in [0.1, 0.15) is 17.2 Å². The Kier molecular flexibility index (Phi) is 6.50. The second-order valence-electron chi connectivity index (χ2n) is 6.39. The Hall–Kier alpha value is -3.53. The number of methoxy groups -OCH3 is 3. The molecule has 7 nitrogen and oxygen atoms in total. The van der Waals surface area contributed by atoms with Crippen LogP contribution in [-0.2, 0) is 15.7 Å². The highest BCUT2D eigenvalue weighted by atomic mass is 19.4. The van der Waals surface area contributed by atoms with E-state index >= 15 is 0 Å². The van der Waals surface area contributed by atoms with Gasteiger partial charge in [-0.15, -0.1) is 0 Å². The van der Waals surface area contributed by atoms with Gasteiger partial charge in [-0.25, -0.2) is 4.68 Å². The molecule has 2 aromatic carbocycles. The number of nitrogens with one attached hydrogen (secondary N) is 1. The summed E-state index contributed by atoms with van der Waals surface area (Å²) in [7, 11) is 4.32. The van der Waals surface area contributed by atoms with Crippen molar-refractivity contribution in [2.24, 2.45) is 0 Å². The fraction of sp³-hybridized carbons (Fsp3) is 0.238. The average Bonchev–Trinajstić information content (AvgIpc) is 3.21. The van der Waals surface area contributed by atoms with E-state index in [1.807, 2.05) is 0 Å². The van der Waals surface area contributed by atoms with Gasteiger partial charge < -0.3 is 19.5 Å². The second kappa shape index (κ2) is 9.09. The molecule has 1 unspecified atom stereocenters. The molecule has 1 atom stereocenters. The van der Waals surface area contributed by atoms with E-state index in [4.69, 9.17) is 14.2 Å². The van der Waals surface area contributed by atoms with Gasteiger partial charge in [-0.05, 0) is 29.8 Å². The Balaban J connectivity index is 1.83. The number of hydrogen-bond donors (Lipinski definition) is 1. The van der Waals surface area contributed by atoms with Gasteiger partial charge in [-0.2, -0.15) is 18.3 Å². The van der Waals surface area contributed by atoms with E-state index < -0.39 is 23.8 Å². The highest BCUT2D eigenvalue weighted by Gasteiger charge is 2.31. The van der Waals surface area contributed by atoms with Crippen molar-refractivity contribution in [3.63, 3.8) is 0 Å². The van der Waals surface area contributed by atoms with Crippen LogP contribution in [0.3, 0.4) is 0 Å².